The molecular formula is C11H15ClN2S. The molecule has 2 heterocycles. The van der Waals surface area contributed by atoms with Crippen molar-refractivity contribution in [2.24, 2.45) is 0 Å². The summed E-state index contributed by atoms with van der Waals surface area (Å²) in [6.45, 7) is 5.97. The molecule has 0 amide bonds. The van der Waals surface area contributed by atoms with Crippen LogP contribution in [0.3, 0.4) is 0 Å². The largest absolute Gasteiger partial charge is 0.311 e. The van der Waals surface area contributed by atoms with Crippen LogP contribution < -0.4 is 5.32 Å². The third kappa shape index (κ3) is 2.80. The number of aryl methyl sites for hydroxylation is 2. The van der Waals surface area contributed by atoms with Gasteiger partial charge in [-0.3, -0.25) is 0 Å². The van der Waals surface area contributed by atoms with Crippen molar-refractivity contribution in [1.82, 2.24) is 10.3 Å². The van der Waals surface area contributed by atoms with Crippen LogP contribution in [-0.2, 0) is 6.42 Å². The molecule has 0 aromatic carbocycles. The fraction of sp³-hybridized carbons (Fsp3) is 0.545. The molecule has 1 unspecified atom stereocenters. The maximum Gasteiger partial charge on any atom is 0.0900 e. The van der Waals surface area contributed by atoms with Crippen molar-refractivity contribution < 1.29 is 0 Å². The van der Waals surface area contributed by atoms with E-state index < -0.39 is 0 Å². The van der Waals surface area contributed by atoms with Gasteiger partial charge in [0.1, 0.15) is 0 Å². The number of hydrogen-bond acceptors (Lipinski definition) is 3. The van der Waals surface area contributed by atoms with Gasteiger partial charge in [0.2, 0.25) is 0 Å². The predicted molar refractivity (Wildman–Crippen MR) is 65.9 cm³/mol. The van der Waals surface area contributed by atoms with Gasteiger partial charge in [0.05, 0.1) is 16.1 Å². The Morgan fingerprint density at radius 1 is 1.60 bits per heavy atom. The minimum atomic E-state index is 0.142. The van der Waals surface area contributed by atoms with Crippen LogP contribution in [0.1, 0.15) is 15.6 Å². The summed E-state index contributed by atoms with van der Waals surface area (Å²) in [5, 5.41) is 4.60. The molecule has 0 radical (unpaired) electrons. The molecule has 15 heavy (non-hydrogen) atoms. The van der Waals surface area contributed by atoms with E-state index in [4.69, 9.17) is 11.6 Å². The average molecular weight is 243 g/mol. The normalized spacial score (nSPS) is 21.5. The molecule has 1 aromatic heterocycles. The molecule has 2 nitrogen and oxygen atoms in total. The van der Waals surface area contributed by atoms with Gasteiger partial charge >= 0.3 is 0 Å². The second-order valence-electron chi connectivity index (χ2n) is 3.89. The third-order valence-electron chi connectivity index (χ3n) is 2.50. The Labute approximate surface area is 99.4 Å². The lowest BCUT2D eigenvalue weighted by atomic mass is 10.1. The van der Waals surface area contributed by atoms with Crippen LogP contribution in [0.15, 0.2) is 11.6 Å². The van der Waals surface area contributed by atoms with E-state index in [1.807, 2.05) is 0 Å². The maximum atomic E-state index is 6.07. The second kappa shape index (κ2) is 4.64. The molecule has 0 aliphatic carbocycles. The second-order valence-corrected chi connectivity index (χ2v) is 5.74. The van der Waals surface area contributed by atoms with Gasteiger partial charge in [0, 0.05) is 24.4 Å². The highest BCUT2D eigenvalue weighted by molar-refractivity contribution is 7.11. The highest BCUT2D eigenvalue weighted by Gasteiger charge is 2.13. The summed E-state index contributed by atoms with van der Waals surface area (Å²) in [6.07, 6.45) is 3.17. The Hall–Kier alpha value is -0.380. The van der Waals surface area contributed by atoms with Crippen LogP contribution in [0.2, 0.25) is 0 Å². The molecule has 1 N–H and O–H groups in total. The molecule has 82 valence electrons. The number of rotatable bonds is 2. The third-order valence-corrected chi connectivity index (χ3v) is 3.85. The fourth-order valence-corrected chi connectivity index (χ4v) is 3.09. The number of thiazole rings is 1. The SMILES string of the molecule is Cc1nc(C)c(CC2=CC(Cl)CNC2)s1. The molecule has 4 heteroatoms. The summed E-state index contributed by atoms with van der Waals surface area (Å²) in [5.41, 5.74) is 2.54. The van der Waals surface area contributed by atoms with Crippen LogP contribution >= 0.6 is 22.9 Å². The molecule has 1 atom stereocenters. The van der Waals surface area contributed by atoms with Gasteiger partial charge in [-0.25, -0.2) is 4.98 Å². The number of alkyl halides is 1. The van der Waals surface area contributed by atoms with Crippen molar-refractivity contribution >= 4 is 22.9 Å². The summed E-state index contributed by atoms with van der Waals surface area (Å²) in [6, 6.07) is 0. The highest BCUT2D eigenvalue weighted by atomic mass is 35.5. The molecule has 0 saturated carbocycles. The van der Waals surface area contributed by atoms with Crippen molar-refractivity contribution in [3.8, 4) is 0 Å². The van der Waals surface area contributed by atoms with Gasteiger partial charge in [-0.2, -0.15) is 0 Å². The van der Waals surface area contributed by atoms with E-state index in [-0.39, 0.29) is 5.38 Å². The van der Waals surface area contributed by atoms with E-state index in [9.17, 15) is 0 Å². The number of nitrogens with zero attached hydrogens (tertiary/aromatic N) is 1. The molecule has 1 aliphatic heterocycles. The molecule has 0 fully saturated rings. The van der Waals surface area contributed by atoms with E-state index in [0.717, 1.165) is 30.2 Å². The molecular weight excluding hydrogens is 228 g/mol. The monoisotopic (exact) mass is 242 g/mol. The van der Waals surface area contributed by atoms with Gasteiger partial charge in [-0.05, 0) is 13.8 Å². The van der Waals surface area contributed by atoms with E-state index >= 15 is 0 Å². The summed E-state index contributed by atoms with van der Waals surface area (Å²) < 4.78 is 0. The van der Waals surface area contributed by atoms with Crippen molar-refractivity contribution in [1.29, 1.82) is 0 Å². The lowest BCUT2D eigenvalue weighted by molar-refractivity contribution is 0.695. The molecule has 1 aromatic rings. The Morgan fingerprint density at radius 2 is 2.40 bits per heavy atom. The van der Waals surface area contributed by atoms with Crippen molar-refractivity contribution in [3.05, 3.63) is 27.2 Å². The van der Waals surface area contributed by atoms with E-state index in [0.29, 0.717) is 0 Å². The summed E-state index contributed by atoms with van der Waals surface area (Å²) in [4.78, 5) is 5.80. The first-order chi connectivity index (χ1) is 7.15. The topological polar surface area (TPSA) is 24.9 Å². The number of halogens is 1. The predicted octanol–water partition coefficient (Wildman–Crippen LogP) is 2.44. The Kier molecular flexibility index (Phi) is 3.44. The van der Waals surface area contributed by atoms with Crippen LogP contribution in [0.5, 0.6) is 0 Å². The van der Waals surface area contributed by atoms with Crippen LogP contribution in [0, 0.1) is 13.8 Å². The standard InChI is InChI=1S/C11H15ClN2S/c1-7-11(15-8(2)14-7)4-9-3-10(12)6-13-5-9/h3,10,13H,4-6H2,1-2H3. The lowest BCUT2D eigenvalue weighted by Gasteiger charge is -2.17. The number of hydrogen-bond donors (Lipinski definition) is 1. The maximum absolute atomic E-state index is 6.07. The molecule has 1 aliphatic rings. The van der Waals surface area contributed by atoms with Crippen molar-refractivity contribution in [3.63, 3.8) is 0 Å². The molecule has 0 saturated heterocycles. The van der Waals surface area contributed by atoms with E-state index in [1.54, 1.807) is 11.3 Å². The zero-order valence-electron chi connectivity index (χ0n) is 9.01. The van der Waals surface area contributed by atoms with Gasteiger partial charge in [-0.1, -0.05) is 11.6 Å². The highest BCUT2D eigenvalue weighted by Crippen LogP contribution is 2.22. The summed E-state index contributed by atoms with van der Waals surface area (Å²) in [5.74, 6) is 0. The van der Waals surface area contributed by atoms with Crippen molar-refractivity contribution in [2.75, 3.05) is 13.1 Å². The van der Waals surface area contributed by atoms with Gasteiger partial charge in [0.25, 0.3) is 0 Å². The first-order valence-electron chi connectivity index (χ1n) is 5.12. The minimum absolute atomic E-state index is 0.142. The average Bonchev–Trinajstić information content (AvgIpc) is 2.45. The first-order valence-corrected chi connectivity index (χ1v) is 6.37. The zero-order valence-corrected chi connectivity index (χ0v) is 10.6. The van der Waals surface area contributed by atoms with Gasteiger partial charge in [0.15, 0.2) is 0 Å². The Bertz CT molecular complexity index is 384. The van der Waals surface area contributed by atoms with Gasteiger partial charge < -0.3 is 5.32 Å². The van der Waals surface area contributed by atoms with Gasteiger partial charge in [-0.15, -0.1) is 22.9 Å². The van der Waals surface area contributed by atoms with E-state index in [2.05, 4.69) is 30.2 Å². The minimum Gasteiger partial charge on any atom is -0.311 e. The Balaban J connectivity index is 2.11. The number of nitrogens with one attached hydrogen (secondary N) is 1. The van der Waals surface area contributed by atoms with E-state index in [1.165, 1.54) is 10.5 Å². The molecule has 2 rings (SSSR count). The summed E-state index contributed by atoms with van der Waals surface area (Å²) in [7, 11) is 0. The molecule has 0 bridgehead atoms. The molecule has 0 spiro atoms. The van der Waals surface area contributed by atoms with Crippen LogP contribution in [-0.4, -0.2) is 23.5 Å². The van der Waals surface area contributed by atoms with Crippen LogP contribution in [0.25, 0.3) is 0 Å². The summed E-state index contributed by atoms with van der Waals surface area (Å²) >= 11 is 7.86. The Morgan fingerprint density at radius 3 is 3.00 bits per heavy atom. The first kappa shape index (κ1) is 11.1. The fourth-order valence-electron chi connectivity index (χ4n) is 1.81. The smallest absolute Gasteiger partial charge is 0.0900 e. The number of aromatic nitrogens is 1. The lowest BCUT2D eigenvalue weighted by Crippen LogP contribution is -2.30. The van der Waals surface area contributed by atoms with Crippen LogP contribution in [0.4, 0.5) is 0 Å². The zero-order chi connectivity index (χ0) is 10.8. The van der Waals surface area contributed by atoms with Crippen molar-refractivity contribution in [2.45, 2.75) is 25.6 Å². The quantitative estimate of drug-likeness (QED) is 0.637.